The van der Waals surface area contributed by atoms with Crippen LogP contribution in [0.25, 0.3) is 0 Å². The van der Waals surface area contributed by atoms with Crippen LogP contribution in [0.5, 0.6) is 0 Å². The minimum atomic E-state index is -0.448. The molecule has 0 aromatic heterocycles. The minimum absolute atomic E-state index is 0.101. The standard InChI is InChI=1S/C41H77NO4/c1-17-41(14,29-32(4)5)37(44)45-27-19-24-39(10,11)30-40(12,13)36(46-35(43)20-18-26-42(15)16)34(7)22-21-33(6)23-25-38(8,9)28-31(2)3/h19,23-25,31-34,36H,17-18,20-22,26-30H2,1-16H3. The number of hydrogen-bond donors (Lipinski definition) is 0. The molecule has 0 rings (SSSR count). The van der Waals surface area contributed by atoms with Gasteiger partial charge in [0, 0.05) is 11.8 Å². The number of carbonyl (C=O) groups is 2. The topological polar surface area (TPSA) is 55.8 Å². The van der Waals surface area contributed by atoms with Crippen LogP contribution in [-0.2, 0) is 19.1 Å². The third-order valence-electron chi connectivity index (χ3n) is 9.34. The Balaban J connectivity index is 5.67. The van der Waals surface area contributed by atoms with E-state index in [-0.39, 0.29) is 46.8 Å². The predicted octanol–water partition coefficient (Wildman–Crippen LogP) is 10.9. The van der Waals surface area contributed by atoms with Crippen LogP contribution in [0.3, 0.4) is 0 Å². The molecular formula is C41H77NO4. The van der Waals surface area contributed by atoms with Gasteiger partial charge < -0.3 is 14.4 Å². The van der Waals surface area contributed by atoms with Crippen molar-refractivity contribution in [3.05, 3.63) is 24.3 Å². The normalized spacial score (nSPS) is 16.8. The molecule has 46 heavy (non-hydrogen) atoms. The smallest absolute Gasteiger partial charge is 0.312 e. The first-order chi connectivity index (χ1) is 20.9. The first kappa shape index (κ1) is 44.4. The lowest BCUT2D eigenvalue weighted by atomic mass is 9.68. The minimum Gasteiger partial charge on any atom is -0.462 e. The van der Waals surface area contributed by atoms with Crippen LogP contribution in [-0.4, -0.2) is 50.2 Å². The number of nitrogens with zero attached hydrogens (tertiary/aromatic N) is 1. The predicted molar refractivity (Wildman–Crippen MR) is 198 cm³/mol. The zero-order chi connectivity index (χ0) is 35.9. The lowest BCUT2D eigenvalue weighted by molar-refractivity contribution is -0.161. The fourth-order valence-corrected chi connectivity index (χ4v) is 7.38. The SMILES string of the molecule is CCC(C)(CC(C)C)C(=O)OCC=CC(C)(C)CC(C)(C)C(OC(=O)CCCN(C)C)C(C)CCC(C)C=CC(C)(C)CC(C)C. The molecule has 0 aliphatic carbocycles. The summed E-state index contributed by atoms with van der Waals surface area (Å²) in [6, 6.07) is 0. The van der Waals surface area contributed by atoms with Gasteiger partial charge in [-0.15, -0.1) is 0 Å². The summed E-state index contributed by atoms with van der Waals surface area (Å²) in [4.78, 5) is 28.1. The number of hydrogen-bond acceptors (Lipinski definition) is 5. The number of allylic oxidation sites excluding steroid dienone is 3. The summed E-state index contributed by atoms with van der Waals surface area (Å²) in [5.74, 6) is 1.58. The molecular weight excluding hydrogens is 570 g/mol. The molecule has 4 atom stereocenters. The van der Waals surface area contributed by atoms with E-state index in [1.807, 2.05) is 27.1 Å². The number of rotatable bonds is 23. The van der Waals surface area contributed by atoms with Gasteiger partial charge >= 0.3 is 11.9 Å². The third kappa shape index (κ3) is 18.6. The van der Waals surface area contributed by atoms with Crippen LogP contribution in [0.1, 0.15) is 148 Å². The zero-order valence-electron chi connectivity index (χ0n) is 33.3. The molecule has 5 heteroatoms. The molecule has 0 spiro atoms. The fraction of sp³-hybridized carbons (Fsp3) is 0.854. The van der Waals surface area contributed by atoms with E-state index in [0.29, 0.717) is 24.2 Å². The Morgan fingerprint density at radius 1 is 0.804 bits per heavy atom. The molecule has 0 amide bonds. The Morgan fingerprint density at radius 2 is 1.39 bits per heavy atom. The number of esters is 2. The van der Waals surface area contributed by atoms with Gasteiger partial charge in [0.15, 0.2) is 0 Å². The van der Waals surface area contributed by atoms with Crippen molar-refractivity contribution < 1.29 is 19.1 Å². The zero-order valence-corrected chi connectivity index (χ0v) is 33.3. The summed E-state index contributed by atoms with van der Waals surface area (Å²) in [5.41, 5.74) is -0.675. The van der Waals surface area contributed by atoms with E-state index in [1.54, 1.807) is 0 Å². The average Bonchev–Trinajstić information content (AvgIpc) is 2.89. The van der Waals surface area contributed by atoms with Gasteiger partial charge in [-0.1, -0.05) is 114 Å². The van der Waals surface area contributed by atoms with E-state index < -0.39 is 5.41 Å². The van der Waals surface area contributed by atoms with Crippen LogP contribution in [0.4, 0.5) is 0 Å². The molecule has 0 N–H and O–H groups in total. The van der Waals surface area contributed by atoms with Crippen molar-refractivity contribution in [2.24, 2.45) is 45.3 Å². The van der Waals surface area contributed by atoms with Gasteiger partial charge in [0.2, 0.25) is 0 Å². The van der Waals surface area contributed by atoms with E-state index in [9.17, 15) is 9.59 Å². The van der Waals surface area contributed by atoms with Crippen LogP contribution in [0, 0.1) is 45.3 Å². The monoisotopic (exact) mass is 648 g/mol. The highest BCUT2D eigenvalue weighted by atomic mass is 16.5. The molecule has 5 nitrogen and oxygen atoms in total. The van der Waals surface area contributed by atoms with Gasteiger partial charge in [-0.25, -0.2) is 0 Å². The van der Waals surface area contributed by atoms with E-state index in [0.717, 1.165) is 45.1 Å². The first-order valence-electron chi connectivity index (χ1n) is 18.3. The third-order valence-corrected chi connectivity index (χ3v) is 9.34. The van der Waals surface area contributed by atoms with Crippen LogP contribution in [0.2, 0.25) is 0 Å². The Kier molecular flexibility index (Phi) is 19.3. The Bertz CT molecular complexity index is 942. The van der Waals surface area contributed by atoms with Gasteiger partial charge in [0.05, 0.1) is 5.41 Å². The Morgan fingerprint density at radius 3 is 1.91 bits per heavy atom. The van der Waals surface area contributed by atoms with Crippen LogP contribution < -0.4 is 0 Å². The molecule has 0 saturated carbocycles. The number of ether oxygens (including phenoxy) is 2. The summed E-state index contributed by atoms with van der Waals surface area (Å²) in [6.07, 6.45) is 15.6. The van der Waals surface area contributed by atoms with Crippen LogP contribution in [0.15, 0.2) is 24.3 Å². The first-order valence-corrected chi connectivity index (χ1v) is 18.3. The molecule has 0 aliphatic rings. The van der Waals surface area contributed by atoms with E-state index in [2.05, 4.69) is 113 Å². The molecule has 0 heterocycles. The highest BCUT2D eigenvalue weighted by Gasteiger charge is 2.40. The molecule has 270 valence electrons. The van der Waals surface area contributed by atoms with Gasteiger partial charge in [0.1, 0.15) is 12.7 Å². The van der Waals surface area contributed by atoms with Gasteiger partial charge in [-0.05, 0) is 107 Å². The molecule has 0 aromatic rings. The summed E-state index contributed by atoms with van der Waals surface area (Å²) < 4.78 is 12.1. The Hall–Kier alpha value is -1.62. The largest absolute Gasteiger partial charge is 0.462 e. The molecule has 0 saturated heterocycles. The van der Waals surface area contributed by atoms with Crippen molar-refractivity contribution in [2.45, 2.75) is 154 Å². The molecule has 4 unspecified atom stereocenters. The molecule has 0 aliphatic heterocycles. The maximum absolute atomic E-state index is 13.1. The Labute approximate surface area is 286 Å². The van der Waals surface area contributed by atoms with Crippen molar-refractivity contribution in [3.8, 4) is 0 Å². The lowest BCUT2D eigenvalue weighted by Crippen LogP contribution is -2.41. The maximum Gasteiger partial charge on any atom is 0.312 e. The second kappa shape index (κ2) is 20.0. The highest BCUT2D eigenvalue weighted by Crippen LogP contribution is 2.42. The van der Waals surface area contributed by atoms with Crippen molar-refractivity contribution in [1.29, 1.82) is 0 Å². The van der Waals surface area contributed by atoms with Crippen molar-refractivity contribution in [2.75, 3.05) is 27.2 Å². The average molecular weight is 648 g/mol. The lowest BCUT2D eigenvalue weighted by Gasteiger charge is -2.42. The summed E-state index contributed by atoms with van der Waals surface area (Å²) in [7, 11) is 4.06. The second-order valence-corrected chi connectivity index (χ2v) is 18.0. The molecule has 0 aromatic carbocycles. The van der Waals surface area contributed by atoms with Crippen molar-refractivity contribution in [1.82, 2.24) is 4.90 Å². The van der Waals surface area contributed by atoms with Gasteiger partial charge in [-0.3, -0.25) is 9.59 Å². The maximum atomic E-state index is 13.1. The number of carbonyl (C=O) groups excluding carboxylic acids is 2. The van der Waals surface area contributed by atoms with E-state index in [1.165, 1.54) is 6.42 Å². The quantitative estimate of drug-likeness (QED) is 0.0816. The van der Waals surface area contributed by atoms with Crippen molar-refractivity contribution >= 4 is 11.9 Å². The second-order valence-electron chi connectivity index (χ2n) is 18.0. The summed E-state index contributed by atoms with van der Waals surface area (Å²) >= 11 is 0. The van der Waals surface area contributed by atoms with E-state index in [4.69, 9.17) is 9.47 Å². The molecule has 0 fully saturated rings. The van der Waals surface area contributed by atoms with Crippen LogP contribution >= 0.6 is 0 Å². The van der Waals surface area contributed by atoms with Crippen molar-refractivity contribution in [3.63, 3.8) is 0 Å². The summed E-state index contributed by atoms with van der Waals surface area (Å²) in [5, 5.41) is 0. The van der Waals surface area contributed by atoms with E-state index >= 15 is 0 Å². The molecule has 0 radical (unpaired) electrons. The molecule has 0 bridgehead atoms. The van der Waals surface area contributed by atoms with Gasteiger partial charge in [0.25, 0.3) is 0 Å². The fourth-order valence-electron chi connectivity index (χ4n) is 7.38. The summed E-state index contributed by atoms with van der Waals surface area (Å²) in [6.45, 7) is 32.2. The van der Waals surface area contributed by atoms with Gasteiger partial charge in [-0.2, -0.15) is 0 Å². The highest BCUT2D eigenvalue weighted by molar-refractivity contribution is 5.76.